The van der Waals surface area contributed by atoms with Gasteiger partial charge in [-0.2, -0.15) is 0 Å². The summed E-state index contributed by atoms with van der Waals surface area (Å²) >= 11 is 1.39. The summed E-state index contributed by atoms with van der Waals surface area (Å²) in [5, 5.41) is 14.8. The van der Waals surface area contributed by atoms with E-state index in [2.05, 4.69) is 20.8 Å². The molecule has 1 aliphatic carbocycles. The Morgan fingerprint density at radius 3 is 2.70 bits per heavy atom. The molecule has 0 saturated heterocycles. The van der Waals surface area contributed by atoms with Gasteiger partial charge in [0.1, 0.15) is 11.6 Å². The Balaban J connectivity index is 1.60. The molecule has 3 rings (SSSR count). The van der Waals surface area contributed by atoms with Crippen molar-refractivity contribution in [2.75, 3.05) is 12.4 Å². The maximum atomic E-state index is 12.6. The van der Waals surface area contributed by atoms with Crippen LogP contribution in [0.3, 0.4) is 0 Å². The van der Waals surface area contributed by atoms with Gasteiger partial charge in [-0.1, -0.05) is 43.7 Å². The predicted molar refractivity (Wildman–Crippen MR) is 117 cm³/mol. The lowest BCUT2D eigenvalue weighted by atomic mass is 10.2. The van der Waals surface area contributed by atoms with Gasteiger partial charge in [0.25, 0.3) is 0 Å². The molecule has 0 aliphatic heterocycles. The standard InChI is InChI=1S/C21H29N5O3S/c1-4-17(20(28)22-14-9-5-6-10-14)30-21-25-24-18(26(21)2)13-19(27)23-15-11-7-8-12-16(15)29-3/h7-8,11-12,14,17H,4-6,9-10,13H2,1-3H3,(H,22,28)(H,23,27)/t17-/m0/s1. The number of amides is 2. The van der Waals surface area contributed by atoms with Crippen molar-refractivity contribution in [1.82, 2.24) is 20.1 Å². The van der Waals surface area contributed by atoms with Gasteiger partial charge in [-0.25, -0.2) is 0 Å². The highest BCUT2D eigenvalue weighted by atomic mass is 32.2. The smallest absolute Gasteiger partial charge is 0.233 e. The Morgan fingerprint density at radius 2 is 2.00 bits per heavy atom. The Hall–Kier alpha value is -2.55. The quantitative estimate of drug-likeness (QED) is 0.593. The van der Waals surface area contributed by atoms with Crippen molar-refractivity contribution in [1.29, 1.82) is 0 Å². The summed E-state index contributed by atoms with van der Waals surface area (Å²) in [6.45, 7) is 1.99. The van der Waals surface area contributed by atoms with Gasteiger partial charge in [0, 0.05) is 13.1 Å². The van der Waals surface area contributed by atoms with Gasteiger partial charge in [-0.3, -0.25) is 9.59 Å². The highest BCUT2D eigenvalue weighted by Gasteiger charge is 2.25. The SMILES string of the molecule is CC[C@H](Sc1nnc(CC(=O)Nc2ccccc2OC)n1C)C(=O)NC1CCCC1. The molecule has 0 spiro atoms. The first-order valence-electron chi connectivity index (χ1n) is 10.3. The largest absolute Gasteiger partial charge is 0.495 e. The van der Waals surface area contributed by atoms with E-state index in [0.717, 1.165) is 12.8 Å². The van der Waals surface area contributed by atoms with Crippen LogP contribution in [0, 0.1) is 0 Å². The van der Waals surface area contributed by atoms with Gasteiger partial charge in [-0.15, -0.1) is 10.2 Å². The third-order valence-corrected chi connectivity index (χ3v) is 6.64. The molecule has 8 nitrogen and oxygen atoms in total. The summed E-state index contributed by atoms with van der Waals surface area (Å²) in [6, 6.07) is 7.53. The molecule has 0 radical (unpaired) electrons. The predicted octanol–water partition coefficient (Wildman–Crippen LogP) is 2.93. The number of aromatic nitrogens is 3. The Labute approximate surface area is 181 Å². The molecule has 30 heavy (non-hydrogen) atoms. The minimum absolute atomic E-state index is 0.0489. The van der Waals surface area contributed by atoms with Crippen molar-refractivity contribution in [2.24, 2.45) is 7.05 Å². The molecule has 1 aliphatic rings. The highest BCUT2D eigenvalue weighted by Crippen LogP contribution is 2.26. The number of hydrogen-bond donors (Lipinski definition) is 2. The zero-order chi connectivity index (χ0) is 21.5. The van der Waals surface area contributed by atoms with Crippen molar-refractivity contribution in [3.05, 3.63) is 30.1 Å². The maximum absolute atomic E-state index is 12.6. The van der Waals surface area contributed by atoms with Crippen LogP contribution < -0.4 is 15.4 Å². The first kappa shape index (κ1) is 22.1. The number of nitrogens with one attached hydrogen (secondary N) is 2. The summed E-state index contributed by atoms with van der Waals surface area (Å²) in [7, 11) is 3.37. The highest BCUT2D eigenvalue weighted by molar-refractivity contribution is 8.00. The van der Waals surface area contributed by atoms with Crippen LogP contribution >= 0.6 is 11.8 Å². The van der Waals surface area contributed by atoms with Gasteiger partial charge in [0.15, 0.2) is 5.16 Å². The number of rotatable bonds is 9. The van der Waals surface area contributed by atoms with Gasteiger partial charge >= 0.3 is 0 Å². The second-order valence-electron chi connectivity index (χ2n) is 7.39. The number of carbonyl (C=O) groups excluding carboxylic acids is 2. The van der Waals surface area contributed by atoms with E-state index < -0.39 is 0 Å². The van der Waals surface area contributed by atoms with Gasteiger partial charge in [0.05, 0.1) is 24.5 Å². The summed E-state index contributed by atoms with van der Waals surface area (Å²) in [4.78, 5) is 25.1. The molecule has 162 valence electrons. The van der Waals surface area contributed by atoms with Crippen LogP contribution in [0.15, 0.2) is 29.4 Å². The molecule has 1 aromatic carbocycles. The summed E-state index contributed by atoms with van der Waals surface area (Å²) in [6.07, 6.45) is 5.24. The van der Waals surface area contributed by atoms with Crippen LogP contribution in [-0.2, 0) is 23.1 Å². The van der Waals surface area contributed by atoms with Crippen molar-refractivity contribution < 1.29 is 14.3 Å². The van der Waals surface area contributed by atoms with Crippen LogP contribution in [-0.4, -0.2) is 45.0 Å². The van der Waals surface area contributed by atoms with E-state index in [9.17, 15) is 9.59 Å². The Kier molecular flexibility index (Phi) is 7.73. The van der Waals surface area contributed by atoms with Crippen LogP contribution in [0.4, 0.5) is 5.69 Å². The summed E-state index contributed by atoms with van der Waals surface area (Å²) in [5.41, 5.74) is 0.608. The second-order valence-corrected chi connectivity index (χ2v) is 8.56. The van der Waals surface area contributed by atoms with Crippen LogP contribution in [0.25, 0.3) is 0 Å². The van der Waals surface area contributed by atoms with Crippen molar-refractivity contribution in [3.63, 3.8) is 0 Å². The number of nitrogens with zero attached hydrogens (tertiary/aromatic N) is 3. The van der Waals surface area contributed by atoms with E-state index in [4.69, 9.17) is 4.74 Å². The zero-order valence-electron chi connectivity index (χ0n) is 17.7. The lowest BCUT2D eigenvalue weighted by molar-refractivity contribution is -0.121. The van der Waals surface area contributed by atoms with E-state index in [1.165, 1.54) is 24.6 Å². The lowest BCUT2D eigenvalue weighted by Gasteiger charge is -2.18. The molecule has 2 amide bonds. The number of hydrogen-bond acceptors (Lipinski definition) is 6. The molecule has 2 N–H and O–H groups in total. The van der Waals surface area contributed by atoms with Gasteiger partial charge in [0.2, 0.25) is 11.8 Å². The van der Waals surface area contributed by atoms with E-state index in [1.807, 2.05) is 26.1 Å². The van der Waals surface area contributed by atoms with Crippen LogP contribution in [0.2, 0.25) is 0 Å². The number of carbonyl (C=O) groups is 2. The van der Waals surface area contributed by atoms with E-state index >= 15 is 0 Å². The zero-order valence-corrected chi connectivity index (χ0v) is 18.5. The van der Waals surface area contributed by atoms with E-state index in [0.29, 0.717) is 34.9 Å². The Morgan fingerprint density at radius 1 is 1.27 bits per heavy atom. The Bertz CT molecular complexity index is 879. The maximum Gasteiger partial charge on any atom is 0.233 e. The van der Waals surface area contributed by atoms with Crippen molar-refractivity contribution >= 4 is 29.3 Å². The van der Waals surface area contributed by atoms with Gasteiger partial charge in [-0.05, 0) is 31.4 Å². The second kappa shape index (κ2) is 10.5. The average Bonchev–Trinajstić information content (AvgIpc) is 3.37. The van der Waals surface area contributed by atoms with E-state index in [-0.39, 0.29) is 23.5 Å². The number of methoxy groups -OCH3 is 1. The fourth-order valence-electron chi connectivity index (χ4n) is 3.50. The van der Waals surface area contributed by atoms with Crippen molar-refractivity contribution in [2.45, 2.75) is 61.9 Å². The molecule has 2 aromatic rings. The van der Waals surface area contributed by atoms with Gasteiger partial charge < -0.3 is 19.9 Å². The first-order valence-corrected chi connectivity index (χ1v) is 11.2. The third kappa shape index (κ3) is 5.53. The normalized spacial score (nSPS) is 15.0. The molecule has 1 saturated carbocycles. The molecular formula is C21H29N5O3S. The van der Waals surface area contributed by atoms with Crippen LogP contribution in [0.5, 0.6) is 5.75 Å². The molecule has 0 bridgehead atoms. The minimum atomic E-state index is -0.233. The molecule has 1 heterocycles. The molecule has 1 atom stereocenters. The molecule has 0 unspecified atom stereocenters. The minimum Gasteiger partial charge on any atom is -0.495 e. The average molecular weight is 432 g/mol. The first-order chi connectivity index (χ1) is 14.5. The summed E-state index contributed by atoms with van der Waals surface area (Å²) < 4.78 is 7.04. The van der Waals surface area contributed by atoms with Crippen LogP contribution in [0.1, 0.15) is 44.9 Å². The number of anilines is 1. The lowest BCUT2D eigenvalue weighted by Crippen LogP contribution is -2.38. The number of benzene rings is 1. The number of ether oxygens (including phenoxy) is 1. The number of thioether (sulfide) groups is 1. The topological polar surface area (TPSA) is 98.1 Å². The molecule has 1 fully saturated rings. The fraction of sp³-hybridized carbons (Fsp3) is 0.524. The third-order valence-electron chi connectivity index (χ3n) is 5.24. The fourth-order valence-corrected chi connectivity index (χ4v) is 4.45. The van der Waals surface area contributed by atoms with Crippen molar-refractivity contribution in [3.8, 4) is 5.75 Å². The molecule has 9 heteroatoms. The number of para-hydroxylation sites is 2. The van der Waals surface area contributed by atoms with E-state index in [1.54, 1.807) is 23.8 Å². The monoisotopic (exact) mass is 431 g/mol. The summed E-state index contributed by atoms with van der Waals surface area (Å²) in [5.74, 6) is 0.973. The molecule has 1 aromatic heterocycles. The molecular weight excluding hydrogens is 402 g/mol.